The van der Waals surface area contributed by atoms with Gasteiger partial charge in [-0.15, -0.1) is 0 Å². The molecule has 3 aromatic carbocycles. The molecule has 0 saturated carbocycles. The monoisotopic (exact) mass is 406 g/mol. The highest BCUT2D eigenvalue weighted by molar-refractivity contribution is 7.89. The van der Waals surface area contributed by atoms with Crippen LogP contribution in [0.3, 0.4) is 0 Å². The zero-order valence-corrected chi connectivity index (χ0v) is 16.4. The zero-order valence-electron chi connectivity index (χ0n) is 15.6. The lowest BCUT2D eigenvalue weighted by Gasteiger charge is -2.07. The maximum Gasteiger partial charge on any atom is 0.255 e. The number of nitrogens with one attached hydrogen (secondary N) is 1. The topological polar surface area (TPSA) is 89.3 Å². The summed E-state index contributed by atoms with van der Waals surface area (Å²) in [4.78, 5) is 17.0. The van der Waals surface area contributed by atoms with E-state index < -0.39 is 9.84 Å². The molecule has 4 rings (SSSR count). The Morgan fingerprint density at radius 3 is 2.48 bits per heavy atom. The second-order valence-corrected chi connectivity index (χ2v) is 8.93. The van der Waals surface area contributed by atoms with Gasteiger partial charge in [0.15, 0.2) is 15.4 Å². The van der Waals surface area contributed by atoms with E-state index in [0.29, 0.717) is 28.3 Å². The second-order valence-electron chi connectivity index (χ2n) is 6.79. The molecular weight excluding hydrogens is 388 g/mol. The summed E-state index contributed by atoms with van der Waals surface area (Å²) in [5.74, 6) is 0.0976. The first-order valence-corrected chi connectivity index (χ1v) is 11.0. The third-order valence-corrected chi connectivity index (χ3v) is 5.16. The molecule has 1 heterocycles. The Labute approximate surface area is 168 Å². The van der Waals surface area contributed by atoms with E-state index >= 15 is 0 Å². The molecule has 1 aromatic heterocycles. The Hall–Kier alpha value is -3.45. The molecule has 0 saturated heterocycles. The number of hydrogen-bond acceptors (Lipinski definition) is 5. The van der Waals surface area contributed by atoms with Crippen molar-refractivity contribution in [2.24, 2.45) is 0 Å². The molecule has 7 heteroatoms. The molecule has 0 aliphatic rings. The van der Waals surface area contributed by atoms with Crippen molar-refractivity contribution in [3.63, 3.8) is 0 Å². The van der Waals surface area contributed by atoms with Gasteiger partial charge in [0.2, 0.25) is 5.89 Å². The van der Waals surface area contributed by atoms with Crippen LogP contribution >= 0.6 is 0 Å². The highest BCUT2D eigenvalue weighted by Crippen LogP contribution is 2.25. The van der Waals surface area contributed by atoms with Crippen molar-refractivity contribution < 1.29 is 17.6 Å². The molecule has 1 amide bonds. The molecule has 0 bridgehead atoms. The van der Waals surface area contributed by atoms with Crippen molar-refractivity contribution in [1.29, 1.82) is 0 Å². The highest BCUT2D eigenvalue weighted by Gasteiger charge is 2.11. The van der Waals surface area contributed by atoms with Crippen LogP contribution in [-0.2, 0) is 15.6 Å². The minimum atomic E-state index is -3.17. The fraction of sp³-hybridized carbons (Fsp3) is 0.0909. The Kier molecular flexibility index (Phi) is 4.90. The SMILES string of the molecule is CS(=O)(=O)Cc1cccc(C(=O)Nc2ccc(-c3nc4ccccc4o3)cc2)c1. The normalized spacial score (nSPS) is 11.5. The van der Waals surface area contributed by atoms with Crippen LogP contribution < -0.4 is 5.32 Å². The molecule has 0 aliphatic carbocycles. The van der Waals surface area contributed by atoms with E-state index in [1.807, 2.05) is 36.4 Å². The van der Waals surface area contributed by atoms with Crippen LogP contribution in [0.1, 0.15) is 15.9 Å². The Balaban J connectivity index is 1.50. The van der Waals surface area contributed by atoms with Crippen LogP contribution in [0.4, 0.5) is 5.69 Å². The van der Waals surface area contributed by atoms with Gasteiger partial charge in [-0.25, -0.2) is 13.4 Å². The number of fused-ring (bicyclic) bond motifs is 1. The lowest BCUT2D eigenvalue weighted by atomic mass is 10.1. The number of nitrogens with zero attached hydrogens (tertiary/aromatic N) is 1. The van der Waals surface area contributed by atoms with Crippen molar-refractivity contribution in [1.82, 2.24) is 4.98 Å². The Morgan fingerprint density at radius 2 is 1.76 bits per heavy atom. The molecular formula is C22H18N2O4S. The zero-order chi connectivity index (χ0) is 20.4. The van der Waals surface area contributed by atoms with E-state index in [2.05, 4.69) is 10.3 Å². The van der Waals surface area contributed by atoms with E-state index in [9.17, 15) is 13.2 Å². The van der Waals surface area contributed by atoms with Gasteiger partial charge in [0.1, 0.15) is 5.52 Å². The quantitative estimate of drug-likeness (QED) is 0.534. The number of oxazole rings is 1. The minimum absolute atomic E-state index is 0.104. The van der Waals surface area contributed by atoms with Crippen molar-refractivity contribution >= 4 is 32.5 Å². The van der Waals surface area contributed by atoms with Crippen LogP contribution in [0.2, 0.25) is 0 Å². The number of amides is 1. The van der Waals surface area contributed by atoms with Gasteiger partial charge >= 0.3 is 0 Å². The maximum atomic E-state index is 12.5. The van der Waals surface area contributed by atoms with Crippen LogP contribution in [0, 0.1) is 0 Å². The van der Waals surface area contributed by atoms with Crippen molar-refractivity contribution in [3.05, 3.63) is 83.9 Å². The van der Waals surface area contributed by atoms with Gasteiger partial charge < -0.3 is 9.73 Å². The summed E-state index contributed by atoms with van der Waals surface area (Å²) >= 11 is 0. The molecule has 0 spiro atoms. The average molecular weight is 406 g/mol. The largest absolute Gasteiger partial charge is 0.436 e. The molecule has 4 aromatic rings. The molecule has 0 unspecified atom stereocenters. The van der Waals surface area contributed by atoms with Crippen molar-refractivity contribution in [2.45, 2.75) is 5.75 Å². The van der Waals surface area contributed by atoms with Gasteiger partial charge in [0.05, 0.1) is 5.75 Å². The lowest BCUT2D eigenvalue weighted by molar-refractivity contribution is 0.102. The van der Waals surface area contributed by atoms with Crippen molar-refractivity contribution in [2.75, 3.05) is 11.6 Å². The summed E-state index contributed by atoms with van der Waals surface area (Å²) in [6, 6.07) is 21.3. The Bertz CT molecular complexity index is 1260. The first-order valence-electron chi connectivity index (χ1n) is 8.91. The summed E-state index contributed by atoms with van der Waals surface area (Å²) in [5.41, 5.74) is 3.89. The molecule has 29 heavy (non-hydrogen) atoms. The molecule has 1 N–H and O–H groups in total. The highest BCUT2D eigenvalue weighted by atomic mass is 32.2. The van der Waals surface area contributed by atoms with Gasteiger partial charge in [0.25, 0.3) is 5.91 Å². The van der Waals surface area contributed by atoms with Gasteiger partial charge in [-0.1, -0.05) is 24.3 Å². The summed E-state index contributed by atoms with van der Waals surface area (Å²) < 4.78 is 28.7. The van der Waals surface area contributed by atoms with E-state index in [0.717, 1.165) is 17.3 Å². The second kappa shape index (κ2) is 7.52. The fourth-order valence-corrected chi connectivity index (χ4v) is 3.79. The summed E-state index contributed by atoms with van der Waals surface area (Å²) in [6.07, 6.45) is 1.16. The van der Waals surface area contributed by atoms with E-state index in [1.54, 1.807) is 36.4 Å². The van der Waals surface area contributed by atoms with E-state index in [4.69, 9.17) is 4.42 Å². The molecule has 0 radical (unpaired) electrons. The molecule has 0 fully saturated rings. The molecule has 0 aliphatic heterocycles. The van der Waals surface area contributed by atoms with Crippen LogP contribution in [0.25, 0.3) is 22.6 Å². The fourth-order valence-electron chi connectivity index (χ4n) is 3.00. The summed E-state index contributed by atoms with van der Waals surface area (Å²) in [5, 5.41) is 2.81. The van der Waals surface area contributed by atoms with Crippen LogP contribution in [0.15, 0.2) is 77.2 Å². The standard InChI is InChI=1S/C22H18N2O4S/c1-29(26,27)14-15-5-4-6-17(13-15)21(25)23-18-11-9-16(10-12-18)22-24-19-7-2-3-8-20(19)28-22/h2-13H,14H2,1H3,(H,23,25). The number of carbonyl (C=O) groups excluding carboxylic acids is 1. The maximum absolute atomic E-state index is 12.5. The van der Waals surface area contributed by atoms with Gasteiger partial charge in [-0.3, -0.25) is 4.79 Å². The number of rotatable bonds is 5. The number of para-hydroxylation sites is 2. The lowest BCUT2D eigenvalue weighted by Crippen LogP contribution is -2.12. The third kappa shape index (κ3) is 4.52. The first-order chi connectivity index (χ1) is 13.9. The third-order valence-electron chi connectivity index (χ3n) is 4.30. The van der Waals surface area contributed by atoms with Crippen LogP contribution in [-0.4, -0.2) is 25.6 Å². The number of sulfone groups is 1. The summed E-state index contributed by atoms with van der Waals surface area (Å²) in [6.45, 7) is 0. The number of carbonyl (C=O) groups is 1. The van der Waals surface area contributed by atoms with E-state index in [-0.39, 0.29) is 11.7 Å². The predicted molar refractivity (Wildman–Crippen MR) is 112 cm³/mol. The van der Waals surface area contributed by atoms with Gasteiger partial charge in [-0.05, 0) is 54.1 Å². The summed E-state index contributed by atoms with van der Waals surface area (Å²) in [7, 11) is -3.17. The minimum Gasteiger partial charge on any atom is -0.436 e. The number of benzene rings is 3. The van der Waals surface area contributed by atoms with E-state index in [1.165, 1.54) is 0 Å². The molecule has 0 atom stereocenters. The predicted octanol–water partition coefficient (Wildman–Crippen LogP) is 4.29. The van der Waals surface area contributed by atoms with Gasteiger partial charge in [-0.2, -0.15) is 0 Å². The molecule has 6 nitrogen and oxygen atoms in total. The number of hydrogen-bond donors (Lipinski definition) is 1. The molecule has 146 valence electrons. The number of anilines is 1. The number of aromatic nitrogens is 1. The van der Waals surface area contributed by atoms with Crippen molar-refractivity contribution in [3.8, 4) is 11.5 Å². The Morgan fingerprint density at radius 1 is 1.00 bits per heavy atom. The smallest absolute Gasteiger partial charge is 0.255 e. The first kappa shape index (κ1) is 18.9. The van der Waals surface area contributed by atoms with Gasteiger partial charge in [0, 0.05) is 23.1 Å². The van der Waals surface area contributed by atoms with Crippen LogP contribution in [0.5, 0.6) is 0 Å². The average Bonchev–Trinajstić information content (AvgIpc) is 3.11.